The molecule has 0 heterocycles. The van der Waals surface area contributed by atoms with Gasteiger partial charge in [0.1, 0.15) is 17.6 Å². The van der Waals surface area contributed by atoms with Crippen molar-refractivity contribution in [3.8, 4) is 6.07 Å². The standard InChI is InChI=1S/C16H11BrN2O4/c1-23-16(20)15(10-3-2-4-13(17)8-10)11-5-6-14(19(21)22)12(7-11)9-18/h2-8,15H,1H3/t15-/m0/s1. The molecule has 0 saturated carbocycles. The molecule has 0 aromatic heterocycles. The highest BCUT2D eigenvalue weighted by Crippen LogP contribution is 2.31. The van der Waals surface area contributed by atoms with Crippen LogP contribution < -0.4 is 0 Å². The Hall–Kier alpha value is -2.72. The SMILES string of the molecule is COC(=O)[C@@H](c1cccc(Br)c1)c1ccc([N+](=O)[O-])c(C#N)c1. The van der Waals surface area contributed by atoms with Gasteiger partial charge >= 0.3 is 5.97 Å². The van der Waals surface area contributed by atoms with Gasteiger partial charge < -0.3 is 4.74 Å². The van der Waals surface area contributed by atoms with Crippen LogP contribution in [-0.4, -0.2) is 18.0 Å². The number of halogens is 1. The molecule has 1 atom stereocenters. The number of benzene rings is 2. The molecule has 0 spiro atoms. The predicted octanol–water partition coefficient (Wildman–Crippen LogP) is 3.53. The van der Waals surface area contributed by atoms with Crippen LogP contribution >= 0.6 is 15.9 Å². The molecule has 2 rings (SSSR count). The van der Waals surface area contributed by atoms with Crippen LogP contribution in [0.2, 0.25) is 0 Å². The van der Waals surface area contributed by atoms with Crippen molar-refractivity contribution in [2.45, 2.75) is 5.92 Å². The molecule has 23 heavy (non-hydrogen) atoms. The molecule has 0 unspecified atom stereocenters. The van der Waals surface area contributed by atoms with Crippen molar-refractivity contribution in [2.75, 3.05) is 7.11 Å². The number of hydrogen-bond acceptors (Lipinski definition) is 5. The maximum Gasteiger partial charge on any atom is 0.317 e. The summed E-state index contributed by atoms with van der Waals surface area (Å²) in [6.45, 7) is 0. The summed E-state index contributed by atoms with van der Waals surface area (Å²) in [5.41, 5.74) is 0.714. The lowest BCUT2D eigenvalue weighted by Crippen LogP contribution is -2.16. The highest BCUT2D eigenvalue weighted by Gasteiger charge is 2.26. The summed E-state index contributed by atoms with van der Waals surface area (Å²) in [4.78, 5) is 22.5. The number of nitrogens with zero attached hydrogens (tertiary/aromatic N) is 2. The summed E-state index contributed by atoms with van der Waals surface area (Å²) >= 11 is 3.34. The fourth-order valence-electron chi connectivity index (χ4n) is 2.25. The Morgan fingerprint density at radius 2 is 2.00 bits per heavy atom. The Labute approximate surface area is 140 Å². The van der Waals surface area contributed by atoms with Gasteiger partial charge in [0.2, 0.25) is 0 Å². The van der Waals surface area contributed by atoms with E-state index in [2.05, 4.69) is 15.9 Å². The zero-order chi connectivity index (χ0) is 17.0. The van der Waals surface area contributed by atoms with E-state index < -0.39 is 16.8 Å². The first-order valence-corrected chi connectivity index (χ1v) is 7.29. The van der Waals surface area contributed by atoms with Gasteiger partial charge in [-0.3, -0.25) is 14.9 Å². The van der Waals surface area contributed by atoms with Gasteiger partial charge in [0, 0.05) is 10.5 Å². The van der Waals surface area contributed by atoms with Crippen molar-refractivity contribution < 1.29 is 14.5 Å². The fourth-order valence-corrected chi connectivity index (χ4v) is 2.67. The lowest BCUT2D eigenvalue weighted by Gasteiger charge is -2.16. The number of rotatable bonds is 4. The molecular formula is C16H11BrN2O4. The molecule has 6 nitrogen and oxygen atoms in total. The molecule has 2 aromatic carbocycles. The summed E-state index contributed by atoms with van der Waals surface area (Å²) in [6.07, 6.45) is 0. The number of nitro groups is 1. The first-order valence-electron chi connectivity index (χ1n) is 6.49. The summed E-state index contributed by atoms with van der Waals surface area (Å²) in [6, 6.07) is 12.9. The largest absolute Gasteiger partial charge is 0.468 e. The van der Waals surface area contributed by atoms with Crippen LogP contribution in [0.3, 0.4) is 0 Å². The number of nitro benzene ring substituents is 1. The summed E-state index contributed by atoms with van der Waals surface area (Å²) in [5, 5.41) is 20.0. The lowest BCUT2D eigenvalue weighted by molar-refractivity contribution is -0.385. The number of methoxy groups -OCH3 is 1. The number of esters is 1. The second-order valence-electron chi connectivity index (χ2n) is 4.66. The van der Waals surface area contributed by atoms with Crippen molar-refractivity contribution in [3.63, 3.8) is 0 Å². The smallest absolute Gasteiger partial charge is 0.317 e. The minimum Gasteiger partial charge on any atom is -0.468 e. The van der Waals surface area contributed by atoms with E-state index in [0.29, 0.717) is 11.1 Å². The number of carbonyl (C=O) groups is 1. The Morgan fingerprint density at radius 3 is 2.57 bits per heavy atom. The van der Waals surface area contributed by atoms with Gasteiger partial charge in [0.25, 0.3) is 5.69 Å². The summed E-state index contributed by atoms with van der Waals surface area (Å²) in [7, 11) is 1.27. The van der Waals surface area contributed by atoms with Gasteiger partial charge in [-0.25, -0.2) is 0 Å². The van der Waals surface area contributed by atoms with E-state index in [-0.39, 0.29) is 11.3 Å². The van der Waals surface area contributed by atoms with Gasteiger partial charge in [-0.2, -0.15) is 5.26 Å². The van der Waals surface area contributed by atoms with E-state index in [1.807, 2.05) is 6.07 Å². The third-order valence-electron chi connectivity index (χ3n) is 3.29. The zero-order valence-corrected chi connectivity index (χ0v) is 13.6. The van der Waals surface area contributed by atoms with Gasteiger partial charge in [-0.1, -0.05) is 34.1 Å². The van der Waals surface area contributed by atoms with Crippen molar-refractivity contribution in [1.82, 2.24) is 0 Å². The molecular weight excluding hydrogens is 364 g/mol. The number of hydrogen-bond donors (Lipinski definition) is 0. The fraction of sp³-hybridized carbons (Fsp3) is 0.125. The topological polar surface area (TPSA) is 93.2 Å². The van der Waals surface area contributed by atoms with Crippen molar-refractivity contribution in [2.24, 2.45) is 0 Å². The van der Waals surface area contributed by atoms with E-state index >= 15 is 0 Å². The molecule has 0 amide bonds. The van der Waals surface area contributed by atoms with Crippen LogP contribution in [0.1, 0.15) is 22.6 Å². The van der Waals surface area contributed by atoms with Crippen LogP contribution in [0.25, 0.3) is 0 Å². The van der Waals surface area contributed by atoms with Gasteiger partial charge in [-0.15, -0.1) is 0 Å². The maximum absolute atomic E-state index is 12.2. The number of carbonyl (C=O) groups excluding carboxylic acids is 1. The molecule has 0 aliphatic heterocycles. The van der Waals surface area contributed by atoms with Gasteiger partial charge in [-0.05, 0) is 29.3 Å². The number of ether oxygens (including phenoxy) is 1. The minimum absolute atomic E-state index is 0.101. The van der Waals surface area contributed by atoms with Crippen LogP contribution in [0.5, 0.6) is 0 Å². The van der Waals surface area contributed by atoms with E-state index in [9.17, 15) is 14.9 Å². The predicted molar refractivity (Wildman–Crippen MR) is 85.8 cm³/mol. The molecule has 0 fully saturated rings. The van der Waals surface area contributed by atoms with E-state index in [1.165, 1.54) is 25.3 Å². The van der Waals surface area contributed by atoms with Crippen molar-refractivity contribution >= 4 is 27.6 Å². The first kappa shape index (κ1) is 16.6. The van der Waals surface area contributed by atoms with E-state index in [4.69, 9.17) is 10.00 Å². The summed E-state index contributed by atoms with van der Waals surface area (Å²) in [5.74, 6) is -1.29. The molecule has 2 aromatic rings. The molecule has 0 N–H and O–H groups in total. The first-order chi connectivity index (χ1) is 11.0. The lowest BCUT2D eigenvalue weighted by atomic mass is 9.90. The highest BCUT2D eigenvalue weighted by atomic mass is 79.9. The monoisotopic (exact) mass is 374 g/mol. The maximum atomic E-state index is 12.2. The Kier molecular flexibility index (Phi) is 5.09. The number of nitriles is 1. The highest BCUT2D eigenvalue weighted by molar-refractivity contribution is 9.10. The molecule has 0 radical (unpaired) electrons. The molecule has 0 bridgehead atoms. The minimum atomic E-state index is -0.773. The van der Waals surface area contributed by atoms with E-state index in [1.54, 1.807) is 24.3 Å². The molecule has 116 valence electrons. The van der Waals surface area contributed by atoms with E-state index in [0.717, 1.165) is 4.47 Å². The molecule has 0 aliphatic rings. The van der Waals surface area contributed by atoms with Crippen LogP contribution in [0.4, 0.5) is 5.69 Å². The van der Waals surface area contributed by atoms with Gasteiger partial charge in [0.05, 0.1) is 12.0 Å². The quantitative estimate of drug-likeness (QED) is 0.463. The third-order valence-corrected chi connectivity index (χ3v) is 3.78. The molecule has 7 heteroatoms. The Balaban J connectivity index is 2.59. The molecule has 0 aliphatic carbocycles. The second-order valence-corrected chi connectivity index (χ2v) is 5.57. The van der Waals surface area contributed by atoms with Crippen LogP contribution in [0, 0.1) is 21.4 Å². The third kappa shape index (κ3) is 3.55. The normalized spacial score (nSPS) is 11.3. The average molecular weight is 375 g/mol. The average Bonchev–Trinajstić information content (AvgIpc) is 2.54. The zero-order valence-electron chi connectivity index (χ0n) is 12.0. The Bertz CT molecular complexity index is 814. The van der Waals surface area contributed by atoms with Crippen LogP contribution in [-0.2, 0) is 9.53 Å². The van der Waals surface area contributed by atoms with Crippen LogP contribution in [0.15, 0.2) is 46.9 Å². The van der Waals surface area contributed by atoms with Gasteiger partial charge in [0.15, 0.2) is 0 Å². The Morgan fingerprint density at radius 1 is 1.30 bits per heavy atom. The second kappa shape index (κ2) is 7.03. The molecule has 0 saturated heterocycles. The van der Waals surface area contributed by atoms with Crippen molar-refractivity contribution in [3.05, 3.63) is 73.7 Å². The summed E-state index contributed by atoms with van der Waals surface area (Å²) < 4.78 is 5.62. The van der Waals surface area contributed by atoms with Crippen molar-refractivity contribution in [1.29, 1.82) is 5.26 Å².